The minimum atomic E-state index is -4.63. The fourth-order valence-corrected chi connectivity index (χ4v) is 17.5. The number of rotatable bonds is 4. The van der Waals surface area contributed by atoms with Crippen molar-refractivity contribution in [3.8, 4) is 11.1 Å². The molecule has 0 amide bonds. The van der Waals surface area contributed by atoms with Crippen LogP contribution >= 0.6 is 24.8 Å². The van der Waals surface area contributed by atoms with Crippen LogP contribution in [0.5, 0.6) is 0 Å². The summed E-state index contributed by atoms with van der Waals surface area (Å²) in [6.07, 6.45) is -1.86. The predicted octanol–water partition coefficient (Wildman–Crippen LogP) is 14.7. The van der Waals surface area contributed by atoms with E-state index in [4.69, 9.17) is 0 Å². The second-order valence-electron chi connectivity index (χ2n) is 19.7. The van der Waals surface area contributed by atoms with Crippen molar-refractivity contribution in [3.63, 3.8) is 0 Å². The van der Waals surface area contributed by atoms with Gasteiger partial charge in [0, 0.05) is 0 Å². The Morgan fingerprint density at radius 1 is 0.552 bits per heavy atom. The molecule has 2 aliphatic rings. The summed E-state index contributed by atoms with van der Waals surface area (Å²) in [7, 11) is 0. The quantitative estimate of drug-likeness (QED) is 0.158. The molecule has 0 aromatic heterocycles. The molecule has 0 saturated heterocycles. The number of fused-ring (bicyclic) bond motifs is 3. The van der Waals surface area contributed by atoms with Crippen LogP contribution in [0.1, 0.15) is 145 Å². The molecule has 4 aromatic carbocycles. The largest absolute Gasteiger partial charge is 0.147 e. The van der Waals surface area contributed by atoms with Crippen LogP contribution in [0.3, 0.4) is 0 Å². The van der Waals surface area contributed by atoms with Crippen molar-refractivity contribution in [2.24, 2.45) is 0 Å². The second-order valence-corrected chi connectivity index (χ2v) is 25.5. The van der Waals surface area contributed by atoms with Crippen molar-refractivity contribution < 1.29 is 47.6 Å². The van der Waals surface area contributed by atoms with Crippen molar-refractivity contribution in [2.75, 3.05) is 0 Å². The Morgan fingerprint density at radius 2 is 1.02 bits per heavy atom. The van der Waals surface area contributed by atoms with Crippen LogP contribution in [0.25, 0.3) is 11.1 Å². The van der Waals surface area contributed by atoms with E-state index in [0.717, 1.165) is 33.1 Å². The second kappa shape index (κ2) is 16.3. The molecule has 0 bridgehead atoms. The molecular formula is C49H56Cl2F6Zr. The van der Waals surface area contributed by atoms with E-state index in [1.54, 1.807) is 12.1 Å². The summed E-state index contributed by atoms with van der Waals surface area (Å²) >= 11 is -3.81. The summed E-state index contributed by atoms with van der Waals surface area (Å²) in [6.45, 7) is 26.6. The summed E-state index contributed by atoms with van der Waals surface area (Å²) in [5.41, 5.74) is 7.62. The van der Waals surface area contributed by atoms with E-state index in [0.29, 0.717) is 27.2 Å². The Labute approximate surface area is 361 Å². The zero-order valence-corrected chi connectivity index (χ0v) is 39.7. The monoisotopic (exact) mass is 918 g/mol. The molecular weight excluding hydrogens is 865 g/mol. The van der Waals surface area contributed by atoms with E-state index in [-0.39, 0.29) is 41.1 Å². The van der Waals surface area contributed by atoms with E-state index < -0.39 is 50.2 Å². The maximum absolute atomic E-state index is 14.5. The van der Waals surface area contributed by atoms with Crippen molar-refractivity contribution >= 4 is 31.3 Å². The first-order valence-corrected chi connectivity index (χ1v) is 23.1. The van der Waals surface area contributed by atoms with Crippen LogP contribution < -0.4 is 3.27 Å². The molecule has 0 unspecified atom stereocenters. The molecule has 0 radical (unpaired) electrons. The zero-order valence-electron chi connectivity index (χ0n) is 35.6. The van der Waals surface area contributed by atoms with Gasteiger partial charge in [-0.1, -0.05) is 0 Å². The third-order valence-electron chi connectivity index (χ3n) is 11.1. The van der Waals surface area contributed by atoms with Crippen LogP contribution in [0.15, 0.2) is 88.2 Å². The van der Waals surface area contributed by atoms with E-state index in [1.165, 1.54) is 54.3 Å². The van der Waals surface area contributed by atoms with Gasteiger partial charge in [0.05, 0.1) is 0 Å². The van der Waals surface area contributed by atoms with E-state index >= 15 is 0 Å². The molecule has 0 heterocycles. The van der Waals surface area contributed by atoms with Gasteiger partial charge in [-0.3, -0.25) is 0 Å². The van der Waals surface area contributed by atoms with Gasteiger partial charge >= 0.3 is 339 Å². The van der Waals surface area contributed by atoms with Gasteiger partial charge in [0.2, 0.25) is 0 Å². The first kappa shape index (κ1) is 47.9. The van der Waals surface area contributed by atoms with Crippen LogP contribution in [-0.4, -0.2) is 3.21 Å². The smallest absolute Gasteiger partial charge is 0.147 e. The van der Waals surface area contributed by atoms with E-state index in [9.17, 15) is 26.3 Å². The summed E-state index contributed by atoms with van der Waals surface area (Å²) in [4.78, 5) is 0. The molecule has 0 atom stereocenters. The van der Waals surface area contributed by atoms with Crippen LogP contribution in [0.2, 0.25) is 0 Å². The van der Waals surface area contributed by atoms with Gasteiger partial charge in [0.1, 0.15) is 0 Å². The fourth-order valence-electron chi connectivity index (χ4n) is 8.50. The number of hydrogen-bond acceptors (Lipinski definition) is 0. The van der Waals surface area contributed by atoms with Crippen molar-refractivity contribution in [2.45, 2.75) is 130 Å². The third-order valence-corrected chi connectivity index (χ3v) is 18.8. The molecule has 9 heteroatoms. The molecule has 0 spiro atoms. The maximum atomic E-state index is 14.5. The van der Waals surface area contributed by atoms with E-state index in [2.05, 4.69) is 113 Å². The van der Waals surface area contributed by atoms with E-state index in [1.807, 2.05) is 6.08 Å². The van der Waals surface area contributed by atoms with Gasteiger partial charge in [-0.15, -0.1) is 24.8 Å². The standard InChI is InChI=1S/C29H41.C15H8F6.C5H5.2ClH.Zr/c1-26(2,3)22-14-18-13-19-15-23(27(4,5)6)25(29(10,11)12)17-21(19)20(18)16-24(22)28(7,8)9;16-14(17,18)12-5-1-3-10(8-12)7-11-4-2-6-13(9-11)15(19,20)21;1-2-4-5-3-1;;;/h14,16-17H,13H2,1-12H3;1-6,8-9H;1-3H,4H2;2*1H;. The molecule has 0 fully saturated rings. The Bertz CT molecular complexity index is 2250. The Kier molecular flexibility index (Phi) is 13.5. The Hall–Kier alpha value is -2.73. The Balaban J connectivity index is 0.00000372. The molecule has 312 valence electrons. The summed E-state index contributed by atoms with van der Waals surface area (Å²) in [6, 6.07) is 17.6. The molecule has 2 aliphatic carbocycles. The van der Waals surface area contributed by atoms with Crippen LogP contribution in [-0.2, 0) is 61.7 Å². The predicted molar refractivity (Wildman–Crippen MR) is 232 cm³/mol. The normalized spacial score (nSPS) is 14.3. The molecule has 58 heavy (non-hydrogen) atoms. The number of allylic oxidation sites excluding steroid dienone is 4. The molecule has 0 nitrogen and oxygen atoms in total. The van der Waals surface area contributed by atoms with Crippen LogP contribution in [0.4, 0.5) is 26.3 Å². The first-order valence-electron chi connectivity index (χ1n) is 19.4. The number of hydrogen-bond donors (Lipinski definition) is 0. The molecule has 6 rings (SSSR count). The van der Waals surface area contributed by atoms with Crippen molar-refractivity contribution in [1.82, 2.24) is 0 Å². The van der Waals surface area contributed by atoms with Gasteiger partial charge < -0.3 is 0 Å². The average molecular weight is 921 g/mol. The molecule has 0 saturated carbocycles. The fraction of sp³-hybridized carbons (Fsp3) is 0.408. The average Bonchev–Trinajstić information content (AvgIpc) is 3.72. The van der Waals surface area contributed by atoms with Gasteiger partial charge in [-0.25, -0.2) is 0 Å². The summed E-state index contributed by atoms with van der Waals surface area (Å²) < 4.78 is 89.8. The molecule has 0 aliphatic heterocycles. The molecule has 0 N–H and O–H groups in total. The number of halogens is 8. The first-order chi connectivity index (χ1) is 25.6. The SMILES string of the molecule is CC(C)(C)c1cc2c(cc1C(C)(C)C)-c1cc(C(C)(C)C)c(C(C)(C)C)[c]([Zr]([C]3=CC=CC3)=[C](c3cccc(C(F)(F)F)c3)c3cccc(C(F)(F)F)c3)c1C2.Cl.Cl. The third kappa shape index (κ3) is 9.43. The van der Waals surface area contributed by atoms with Crippen molar-refractivity contribution in [1.29, 1.82) is 0 Å². The van der Waals surface area contributed by atoms with Crippen molar-refractivity contribution in [3.05, 3.63) is 144 Å². The topological polar surface area (TPSA) is 0 Å². The van der Waals surface area contributed by atoms with Gasteiger partial charge in [0.15, 0.2) is 0 Å². The zero-order chi connectivity index (χ0) is 41.6. The maximum Gasteiger partial charge on any atom is -0.147 e. The summed E-state index contributed by atoms with van der Waals surface area (Å²) in [5, 5.41) is 0. The molecule has 4 aromatic rings. The van der Waals surface area contributed by atoms with Gasteiger partial charge in [-0.2, -0.15) is 0 Å². The minimum Gasteiger partial charge on any atom is -0.147 e. The number of benzene rings is 4. The number of alkyl halides is 6. The Morgan fingerprint density at radius 3 is 1.43 bits per heavy atom. The van der Waals surface area contributed by atoms with Gasteiger partial charge in [0.25, 0.3) is 0 Å². The van der Waals surface area contributed by atoms with Gasteiger partial charge in [-0.05, 0) is 0 Å². The van der Waals surface area contributed by atoms with Crippen LogP contribution in [0, 0.1) is 0 Å². The summed E-state index contributed by atoms with van der Waals surface area (Å²) in [5.74, 6) is 0. The minimum absolute atomic E-state index is 0.